The van der Waals surface area contributed by atoms with Crippen molar-refractivity contribution >= 4 is 11.7 Å². The molecule has 6 heteroatoms. The number of carbonyl (C=O) groups excluding carboxylic acids is 2. The highest BCUT2D eigenvalue weighted by Gasteiger charge is 2.59. The first kappa shape index (κ1) is 23.2. The summed E-state index contributed by atoms with van der Waals surface area (Å²) in [6, 6.07) is 13.6. The van der Waals surface area contributed by atoms with Crippen LogP contribution in [-0.2, 0) is 22.4 Å². The predicted octanol–water partition coefficient (Wildman–Crippen LogP) is 2.75. The lowest BCUT2D eigenvalue weighted by Crippen LogP contribution is -2.62. The third-order valence-corrected chi connectivity index (χ3v) is 9.14. The van der Waals surface area contributed by atoms with Gasteiger partial charge in [0, 0.05) is 12.0 Å². The first-order chi connectivity index (χ1) is 16.0. The fourth-order valence-electron chi connectivity index (χ4n) is 6.76. The van der Waals surface area contributed by atoms with Crippen LogP contribution in [0.5, 0.6) is 0 Å². The molecular weight excluding hydrogens is 430 g/mol. The van der Waals surface area contributed by atoms with E-state index in [2.05, 4.69) is 5.32 Å². The average molecular weight is 464 g/mol. The second-order valence-corrected chi connectivity index (χ2v) is 10.8. The number of hydrogen-bond donors (Lipinski definition) is 4. The van der Waals surface area contributed by atoms with Crippen LogP contribution in [0.1, 0.15) is 73.6 Å². The van der Waals surface area contributed by atoms with Gasteiger partial charge in [-0.2, -0.15) is 0 Å². The summed E-state index contributed by atoms with van der Waals surface area (Å²) in [6.45, 7) is 6.91. The second kappa shape index (κ2) is 7.74. The molecule has 5 rings (SSSR count). The predicted molar refractivity (Wildman–Crippen MR) is 127 cm³/mol. The molecule has 180 valence electrons. The van der Waals surface area contributed by atoms with E-state index in [9.17, 15) is 24.9 Å². The fourth-order valence-corrected chi connectivity index (χ4v) is 6.76. The van der Waals surface area contributed by atoms with Crippen molar-refractivity contribution in [2.24, 2.45) is 17.3 Å². The molecule has 2 aromatic rings. The van der Waals surface area contributed by atoms with E-state index in [1.807, 2.05) is 56.3 Å². The highest BCUT2D eigenvalue weighted by atomic mass is 16.4. The van der Waals surface area contributed by atoms with Gasteiger partial charge in [-0.15, -0.1) is 0 Å². The van der Waals surface area contributed by atoms with Crippen LogP contribution in [-0.4, -0.2) is 38.7 Å². The zero-order chi connectivity index (χ0) is 24.6. The topological polar surface area (TPSA) is 107 Å². The SMILES string of the molecule is CC(=O)[C@@]1(O)[C@H](O)c2cc3c(cc2C[C@@H]1C)[C@H](O)[C@@]1(C)C(=O)N[C@@H](Cc2ccccc2)[C@@H]3[C@H]1C. The Bertz CT molecular complexity index is 1160. The van der Waals surface area contributed by atoms with Gasteiger partial charge < -0.3 is 20.6 Å². The zero-order valence-electron chi connectivity index (χ0n) is 20.1. The number of carbonyl (C=O) groups is 2. The van der Waals surface area contributed by atoms with Gasteiger partial charge in [0.25, 0.3) is 0 Å². The number of ketones is 1. The molecule has 2 aromatic carbocycles. The molecule has 1 fully saturated rings. The lowest BCUT2D eigenvalue weighted by molar-refractivity contribution is -0.161. The van der Waals surface area contributed by atoms with Gasteiger partial charge in [0.15, 0.2) is 11.4 Å². The molecule has 34 heavy (non-hydrogen) atoms. The van der Waals surface area contributed by atoms with Crippen LogP contribution in [0.15, 0.2) is 42.5 Å². The number of nitrogens with one attached hydrogen (secondary N) is 1. The molecule has 1 heterocycles. The molecule has 2 bridgehead atoms. The largest absolute Gasteiger partial charge is 0.387 e. The number of amides is 1. The van der Waals surface area contributed by atoms with E-state index in [0.29, 0.717) is 24.0 Å². The number of aliphatic hydroxyl groups is 3. The molecular formula is C28H33NO5. The van der Waals surface area contributed by atoms with Gasteiger partial charge >= 0.3 is 0 Å². The highest BCUT2D eigenvalue weighted by molar-refractivity contribution is 5.87. The monoisotopic (exact) mass is 463 g/mol. The lowest BCUT2D eigenvalue weighted by Gasteiger charge is -2.54. The quantitative estimate of drug-likeness (QED) is 0.560. The summed E-state index contributed by atoms with van der Waals surface area (Å²) in [7, 11) is 0. The summed E-state index contributed by atoms with van der Waals surface area (Å²) in [5.41, 5.74) is 1.21. The smallest absolute Gasteiger partial charge is 0.229 e. The van der Waals surface area contributed by atoms with Gasteiger partial charge in [-0.1, -0.05) is 56.3 Å². The van der Waals surface area contributed by atoms with Gasteiger partial charge in [0.1, 0.15) is 6.10 Å². The molecule has 3 aliphatic rings. The Labute approximate surface area is 200 Å². The van der Waals surface area contributed by atoms with Crippen molar-refractivity contribution in [2.45, 2.75) is 70.3 Å². The summed E-state index contributed by atoms with van der Waals surface area (Å²) in [5.74, 6) is -1.32. The Hall–Kier alpha value is -2.54. The average Bonchev–Trinajstić information content (AvgIpc) is 2.80. The highest BCUT2D eigenvalue weighted by Crippen LogP contribution is 2.58. The van der Waals surface area contributed by atoms with Crippen molar-refractivity contribution in [3.05, 3.63) is 70.3 Å². The number of Topliss-reactive ketones (excluding diaryl/α,β-unsaturated/α-hetero) is 1. The van der Waals surface area contributed by atoms with Crippen molar-refractivity contribution < 1.29 is 24.9 Å². The molecule has 1 amide bonds. The molecule has 1 aliphatic heterocycles. The molecule has 2 aliphatic carbocycles. The van der Waals surface area contributed by atoms with E-state index in [4.69, 9.17) is 0 Å². The standard InChI is InChI=1S/C28H33NO5/c1-14-10-18-12-21-20(13-19(18)25(32)28(14,34)16(3)30)23-15(2)27(4,24(21)31)26(33)29-22(23)11-17-8-6-5-7-9-17/h5-9,12-15,22-25,31-32,34H,10-11H2,1-4H3,(H,29,33)/t14-,15+,22-,23+,24-,25+,27-,28+/m0/s1. The molecule has 8 atom stereocenters. The van der Waals surface area contributed by atoms with E-state index in [1.165, 1.54) is 6.92 Å². The summed E-state index contributed by atoms with van der Waals surface area (Å²) < 4.78 is 0. The van der Waals surface area contributed by atoms with E-state index >= 15 is 0 Å². The summed E-state index contributed by atoms with van der Waals surface area (Å²) in [4.78, 5) is 25.7. The van der Waals surface area contributed by atoms with Crippen molar-refractivity contribution in [3.8, 4) is 0 Å². The van der Waals surface area contributed by atoms with Crippen LogP contribution in [0.4, 0.5) is 0 Å². The molecule has 4 N–H and O–H groups in total. The zero-order valence-corrected chi connectivity index (χ0v) is 20.1. The van der Waals surface area contributed by atoms with Gasteiger partial charge in [-0.05, 0) is 66.3 Å². The Morgan fingerprint density at radius 2 is 1.74 bits per heavy atom. The summed E-state index contributed by atoms with van der Waals surface area (Å²) in [5, 5.41) is 36.9. The van der Waals surface area contributed by atoms with E-state index in [1.54, 1.807) is 6.92 Å². The van der Waals surface area contributed by atoms with Gasteiger partial charge in [0.2, 0.25) is 5.91 Å². The maximum atomic E-state index is 13.3. The van der Waals surface area contributed by atoms with Gasteiger partial charge in [-0.25, -0.2) is 0 Å². The molecule has 6 nitrogen and oxygen atoms in total. The first-order valence-corrected chi connectivity index (χ1v) is 12.1. The Kier molecular flexibility index (Phi) is 5.28. The molecule has 0 aromatic heterocycles. The van der Waals surface area contributed by atoms with Crippen molar-refractivity contribution in [2.75, 3.05) is 0 Å². The van der Waals surface area contributed by atoms with Gasteiger partial charge in [0.05, 0.1) is 11.5 Å². The van der Waals surface area contributed by atoms with Crippen LogP contribution in [0.3, 0.4) is 0 Å². The fraction of sp³-hybridized carbons (Fsp3) is 0.500. The summed E-state index contributed by atoms with van der Waals surface area (Å²) >= 11 is 0. The minimum Gasteiger partial charge on any atom is -0.387 e. The summed E-state index contributed by atoms with van der Waals surface area (Å²) in [6.07, 6.45) is -1.29. The van der Waals surface area contributed by atoms with E-state index in [0.717, 1.165) is 16.7 Å². The molecule has 0 saturated carbocycles. The number of benzene rings is 2. The molecule has 0 radical (unpaired) electrons. The van der Waals surface area contributed by atoms with Crippen molar-refractivity contribution in [1.82, 2.24) is 5.32 Å². The number of aliphatic hydroxyl groups excluding tert-OH is 2. The number of piperidine rings is 1. The second-order valence-electron chi connectivity index (χ2n) is 10.8. The van der Waals surface area contributed by atoms with E-state index < -0.39 is 34.9 Å². The molecule has 0 unspecified atom stereocenters. The third kappa shape index (κ3) is 2.98. The number of rotatable bonds is 3. The van der Waals surface area contributed by atoms with Crippen LogP contribution in [0.2, 0.25) is 0 Å². The normalized spacial score (nSPS) is 38.5. The lowest BCUT2D eigenvalue weighted by atomic mass is 9.54. The van der Waals surface area contributed by atoms with Gasteiger partial charge in [-0.3, -0.25) is 9.59 Å². The van der Waals surface area contributed by atoms with Crippen molar-refractivity contribution in [3.63, 3.8) is 0 Å². The maximum Gasteiger partial charge on any atom is 0.229 e. The molecule has 0 spiro atoms. The Balaban J connectivity index is 1.67. The Morgan fingerprint density at radius 3 is 2.38 bits per heavy atom. The minimum atomic E-state index is -1.85. The van der Waals surface area contributed by atoms with Crippen LogP contribution in [0, 0.1) is 17.3 Å². The number of hydrogen-bond acceptors (Lipinski definition) is 5. The maximum absolute atomic E-state index is 13.3. The molecule has 1 saturated heterocycles. The van der Waals surface area contributed by atoms with Crippen LogP contribution >= 0.6 is 0 Å². The third-order valence-electron chi connectivity index (χ3n) is 9.14. The number of fused-ring (bicyclic) bond motifs is 5. The Morgan fingerprint density at radius 1 is 1.06 bits per heavy atom. The van der Waals surface area contributed by atoms with Crippen LogP contribution in [0.25, 0.3) is 0 Å². The first-order valence-electron chi connectivity index (χ1n) is 12.1. The minimum absolute atomic E-state index is 0.0939. The van der Waals surface area contributed by atoms with E-state index in [-0.39, 0.29) is 23.8 Å². The van der Waals surface area contributed by atoms with Crippen molar-refractivity contribution in [1.29, 1.82) is 0 Å². The van der Waals surface area contributed by atoms with Crippen LogP contribution < -0.4 is 5.32 Å².